The van der Waals surface area contributed by atoms with Crippen molar-refractivity contribution in [2.75, 3.05) is 6.61 Å². The van der Waals surface area contributed by atoms with Gasteiger partial charge in [-0.1, -0.05) is 25.2 Å². The van der Waals surface area contributed by atoms with E-state index in [1.807, 2.05) is 6.92 Å². The number of hydrogen-bond donors (Lipinski definition) is 1. The van der Waals surface area contributed by atoms with E-state index in [1.54, 1.807) is 18.2 Å². The summed E-state index contributed by atoms with van der Waals surface area (Å²) in [4.78, 5) is 10.6. The zero-order chi connectivity index (χ0) is 7.82. The highest BCUT2D eigenvalue weighted by atomic mass is 16.2. The Kier molecular flexibility index (Phi) is 5.68. The molecule has 0 heterocycles. The smallest absolute Gasteiger partial charge is 0.155 e. The third-order valence-electron chi connectivity index (χ3n) is 0.983. The maximum Gasteiger partial charge on any atom is 0.155 e. The lowest BCUT2D eigenvalue weighted by atomic mass is 10.3. The molecule has 0 saturated heterocycles. The molecular formula is C8H12O2. The molecule has 0 aromatic rings. The van der Waals surface area contributed by atoms with Gasteiger partial charge in [-0.2, -0.15) is 0 Å². The average Bonchev–Trinajstić information content (AvgIpc) is 1.98. The molecule has 0 unspecified atom stereocenters. The van der Waals surface area contributed by atoms with Gasteiger partial charge in [0.2, 0.25) is 0 Å². The minimum Gasteiger partial charge on any atom is -0.392 e. The lowest BCUT2D eigenvalue weighted by molar-refractivity contribution is -0.114. The third kappa shape index (κ3) is 5.25. The Balaban J connectivity index is 3.55. The van der Waals surface area contributed by atoms with Crippen molar-refractivity contribution in [3.63, 3.8) is 0 Å². The van der Waals surface area contributed by atoms with E-state index >= 15 is 0 Å². The van der Waals surface area contributed by atoms with Gasteiger partial charge in [-0.3, -0.25) is 4.79 Å². The molecule has 0 spiro atoms. The van der Waals surface area contributed by atoms with Gasteiger partial charge < -0.3 is 5.11 Å². The topological polar surface area (TPSA) is 37.3 Å². The summed E-state index contributed by atoms with van der Waals surface area (Å²) in [7, 11) is 0. The molecule has 0 aliphatic heterocycles. The fourth-order valence-corrected chi connectivity index (χ4v) is 0.420. The molecule has 0 aromatic carbocycles. The van der Waals surface area contributed by atoms with Crippen LogP contribution in [-0.4, -0.2) is 17.5 Å². The molecule has 10 heavy (non-hydrogen) atoms. The Labute approximate surface area is 60.9 Å². The predicted molar refractivity (Wildman–Crippen MR) is 40.7 cm³/mol. The number of carbonyl (C=O) groups is 1. The second-order valence-electron chi connectivity index (χ2n) is 1.79. The van der Waals surface area contributed by atoms with E-state index in [0.29, 0.717) is 6.42 Å². The second kappa shape index (κ2) is 6.23. The molecule has 0 saturated carbocycles. The largest absolute Gasteiger partial charge is 0.392 e. The van der Waals surface area contributed by atoms with Crippen molar-refractivity contribution in [1.82, 2.24) is 0 Å². The Morgan fingerprint density at radius 1 is 1.50 bits per heavy atom. The normalized spacial score (nSPS) is 11.4. The lowest BCUT2D eigenvalue weighted by Crippen LogP contribution is -1.85. The van der Waals surface area contributed by atoms with Crippen LogP contribution in [0.4, 0.5) is 0 Å². The summed E-state index contributed by atoms with van der Waals surface area (Å²) in [6.45, 7) is 1.83. The van der Waals surface area contributed by atoms with Gasteiger partial charge in [0.1, 0.15) is 0 Å². The van der Waals surface area contributed by atoms with Crippen molar-refractivity contribution < 1.29 is 9.90 Å². The molecule has 0 atom stereocenters. The molecule has 0 rings (SSSR count). The van der Waals surface area contributed by atoms with Gasteiger partial charge in [-0.05, 0) is 6.08 Å². The summed E-state index contributed by atoms with van der Waals surface area (Å²) in [5, 5.41) is 8.28. The minimum absolute atomic E-state index is 0.0185. The van der Waals surface area contributed by atoms with Gasteiger partial charge >= 0.3 is 0 Å². The SMILES string of the molecule is CCC(=O)/C=C/C=C/CO. The van der Waals surface area contributed by atoms with E-state index in [4.69, 9.17) is 5.11 Å². The fourth-order valence-electron chi connectivity index (χ4n) is 0.420. The first-order valence-corrected chi connectivity index (χ1v) is 3.28. The van der Waals surface area contributed by atoms with Crippen molar-refractivity contribution in [3.05, 3.63) is 24.3 Å². The summed E-state index contributed by atoms with van der Waals surface area (Å²) >= 11 is 0. The van der Waals surface area contributed by atoms with Crippen LogP contribution in [0.3, 0.4) is 0 Å². The second-order valence-corrected chi connectivity index (χ2v) is 1.79. The summed E-state index contributed by atoms with van der Waals surface area (Å²) in [6, 6.07) is 0. The quantitative estimate of drug-likeness (QED) is 0.468. The molecule has 0 aliphatic carbocycles. The van der Waals surface area contributed by atoms with E-state index in [1.165, 1.54) is 6.08 Å². The van der Waals surface area contributed by atoms with Gasteiger partial charge in [0, 0.05) is 6.42 Å². The van der Waals surface area contributed by atoms with Gasteiger partial charge in [0.15, 0.2) is 5.78 Å². The zero-order valence-corrected chi connectivity index (χ0v) is 6.08. The number of hydrogen-bond acceptors (Lipinski definition) is 2. The van der Waals surface area contributed by atoms with Gasteiger partial charge in [-0.15, -0.1) is 0 Å². The van der Waals surface area contributed by atoms with Crippen molar-refractivity contribution >= 4 is 5.78 Å². The summed E-state index contributed by atoms with van der Waals surface area (Å²) < 4.78 is 0. The highest BCUT2D eigenvalue weighted by Crippen LogP contribution is 1.83. The van der Waals surface area contributed by atoms with Gasteiger partial charge in [-0.25, -0.2) is 0 Å². The molecule has 0 aliphatic rings. The van der Waals surface area contributed by atoms with Crippen LogP contribution in [0.5, 0.6) is 0 Å². The summed E-state index contributed by atoms with van der Waals surface area (Å²) in [6.07, 6.45) is 6.87. The Bertz CT molecular complexity index is 145. The number of rotatable bonds is 4. The highest BCUT2D eigenvalue weighted by molar-refractivity contribution is 5.89. The maximum absolute atomic E-state index is 10.6. The van der Waals surface area contributed by atoms with Crippen LogP contribution >= 0.6 is 0 Å². The molecule has 0 bridgehead atoms. The molecule has 2 heteroatoms. The number of ketones is 1. The zero-order valence-electron chi connectivity index (χ0n) is 6.08. The van der Waals surface area contributed by atoms with E-state index in [2.05, 4.69) is 0 Å². The van der Waals surface area contributed by atoms with Crippen LogP contribution in [0, 0.1) is 0 Å². The first-order chi connectivity index (χ1) is 4.81. The predicted octanol–water partition coefficient (Wildman–Crippen LogP) is 1.07. The lowest BCUT2D eigenvalue weighted by Gasteiger charge is -1.80. The number of allylic oxidation sites excluding steroid dienone is 3. The van der Waals surface area contributed by atoms with Gasteiger partial charge in [0.05, 0.1) is 6.61 Å². The van der Waals surface area contributed by atoms with Crippen LogP contribution in [-0.2, 0) is 4.79 Å². The Morgan fingerprint density at radius 2 is 2.20 bits per heavy atom. The highest BCUT2D eigenvalue weighted by Gasteiger charge is 1.85. The fraction of sp³-hybridized carbons (Fsp3) is 0.375. The van der Waals surface area contributed by atoms with E-state index < -0.39 is 0 Å². The van der Waals surface area contributed by atoms with Crippen LogP contribution in [0.15, 0.2) is 24.3 Å². The molecule has 56 valence electrons. The maximum atomic E-state index is 10.6. The summed E-state index contributed by atoms with van der Waals surface area (Å²) in [5.41, 5.74) is 0. The third-order valence-corrected chi connectivity index (χ3v) is 0.983. The molecule has 0 aromatic heterocycles. The molecule has 0 radical (unpaired) electrons. The first-order valence-electron chi connectivity index (χ1n) is 3.28. The monoisotopic (exact) mass is 140 g/mol. The summed E-state index contributed by atoms with van der Waals surface area (Å²) in [5.74, 6) is 0.0996. The number of aliphatic hydroxyl groups excluding tert-OH is 1. The molecular weight excluding hydrogens is 128 g/mol. The average molecular weight is 140 g/mol. The molecule has 2 nitrogen and oxygen atoms in total. The standard InChI is InChI=1S/C8H12O2/c1-2-8(10)6-4-3-5-7-9/h3-6,9H,2,7H2,1H3/b5-3+,6-4+. The van der Waals surface area contributed by atoms with Crippen molar-refractivity contribution in [1.29, 1.82) is 0 Å². The molecule has 0 amide bonds. The van der Waals surface area contributed by atoms with Crippen molar-refractivity contribution in [2.45, 2.75) is 13.3 Å². The van der Waals surface area contributed by atoms with E-state index in [9.17, 15) is 4.79 Å². The van der Waals surface area contributed by atoms with Crippen LogP contribution in [0.25, 0.3) is 0 Å². The number of aliphatic hydroxyl groups is 1. The van der Waals surface area contributed by atoms with Crippen LogP contribution in [0.1, 0.15) is 13.3 Å². The minimum atomic E-state index is 0.0185. The van der Waals surface area contributed by atoms with Crippen LogP contribution < -0.4 is 0 Å². The first kappa shape index (κ1) is 9.11. The van der Waals surface area contributed by atoms with Crippen LogP contribution in [0.2, 0.25) is 0 Å². The number of carbonyl (C=O) groups excluding carboxylic acids is 1. The van der Waals surface area contributed by atoms with Crippen molar-refractivity contribution in [2.24, 2.45) is 0 Å². The molecule has 1 N–H and O–H groups in total. The van der Waals surface area contributed by atoms with E-state index in [-0.39, 0.29) is 12.4 Å². The molecule has 0 fully saturated rings. The Hall–Kier alpha value is -0.890. The van der Waals surface area contributed by atoms with E-state index in [0.717, 1.165) is 0 Å². The van der Waals surface area contributed by atoms with Crippen molar-refractivity contribution in [3.8, 4) is 0 Å². The van der Waals surface area contributed by atoms with Gasteiger partial charge in [0.25, 0.3) is 0 Å². The Morgan fingerprint density at radius 3 is 2.70 bits per heavy atom.